The van der Waals surface area contributed by atoms with E-state index in [-0.39, 0.29) is 41.0 Å². The van der Waals surface area contributed by atoms with Crippen molar-refractivity contribution in [3.05, 3.63) is 103 Å². The molecular formula is C35H25ClF3N5O4S. The van der Waals surface area contributed by atoms with Crippen LogP contribution in [0.25, 0.3) is 43.4 Å². The van der Waals surface area contributed by atoms with Crippen molar-refractivity contribution in [1.82, 2.24) is 19.5 Å². The average molecular weight is 704 g/mol. The number of ether oxygens (including phenoxy) is 1. The number of benzene rings is 2. The Morgan fingerprint density at radius 1 is 1.08 bits per heavy atom. The maximum absolute atomic E-state index is 14.5. The molecule has 0 aliphatic rings. The largest absolute Gasteiger partial charge is 0.491 e. The highest BCUT2D eigenvalue weighted by atomic mass is 35.5. The summed E-state index contributed by atoms with van der Waals surface area (Å²) in [5.74, 6) is -0.584. The van der Waals surface area contributed by atoms with Gasteiger partial charge in [0.1, 0.15) is 24.3 Å². The zero-order valence-electron chi connectivity index (χ0n) is 26.4. The highest BCUT2D eigenvalue weighted by Gasteiger charge is 2.37. The smallest absolute Gasteiger partial charge is 0.417 e. The minimum Gasteiger partial charge on any atom is -0.491 e. The first-order valence-corrected chi connectivity index (χ1v) is 16.0. The summed E-state index contributed by atoms with van der Waals surface area (Å²) in [5, 5.41) is 21.6. The summed E-state index contributed by atoms with van der Waals surface area (Å²) < 4.78 is 51.4. The molecule has 2 aromatic carbocycles. The Labute approximate surface area is 285 Å². The van der Waals surface area contributed by atoms with Gasteiger partial charge in [-0.15, -0.1) is 11.3 Å². The van der Waals surface area contributed by atoms with Gasteiger partial charge in [0.25, 0.3) is 5.56 Å². The molecule has 0 atom stereocenters. The number of alkyl halides is 3. The van der Waals surface area contributed by atoms with Gasteiger partial charge >= 0.3 is 12.1 Å². The van der Waals surface area contributed by atoms with Crippen LogP contribution in [-0.2, 0) is 12.7 Å². The molecule has 248 valence electrons. The fourth-order valence-corrected chi connectivity index (χ4v) is 7.04. The van der Waals surface area contributed by atoms with Crippen LogP contribution >= 0.6 is 22.9 Å². The highest BCUT2D eigenvalue weighted by Crippen LogP contribution is 2.43. The van der Waals surface area contributed by atoms with Gasteiger partial charge in [0.2, 0.25) is 0 Å². The van der Waals surface area contributed by atoms with E-state index >= 15 is 0 Å². The number of thiophene rings is 1. The van der Waals surface area contributed by atoms with Crippen molar-refractivity contribution in [2.75, 3.05) is 6.61 Å². The maximum Gasteiger partial charge on any atom is 0.417 e. The standard InChI is InChI=1S/C35H25ClF3N5O4S/c1-16-11-23(32-31(42-16)25(15-49-32)34(46)47)22-12-20(36)5-6-28(22)48-10-9-44-19(4)43-27-13-26(35(37,38)39)29(24(14-40)30(27)33(44)45)21-7-8-41-18(3)17(21)2/h5-8,11-13,15H,9-10H2,1-4H3,(H,46,47). The zero-order chi connectivity index (χ0) is 35.4. The molecule has 0 saturated carbocycles. The number of nitrogens with zero attached hydrogens (tertiary/aromatic N) is 5. The maximum atomic E-state index is 14.5. The second kappa shape index (κ2) is 12.6. The molecule has 0 aliphatic heterocycles. The molecule has 0 radical (unpaired) electrons. The van der Waals surface area contributed by atoms with Gasteiger partial charge in [-0.3, -0.25) is 19.3 Å². The number of aromatic carboxylic acids is 1. The molecule has 1 N–H and O–H groups in total. The number of carboxylic acids is 1. The van der Waals surface area contributed by atoms with Gasteiger partial charge in [-0.2, -0.15) is 18.4 Å². The minimum absolute atomic E-state index is 0.0583. The monoisotopic (exact) mass is 703 g/mol. The lowest BCUT2D eigenvalue weighted by Crippen LogP contribution is -2.27. The summed E-state index contributed by atoms with van der Waals surface area (Å²) in [4.78, 5) is 38.7. The summed E-state index contributed by atoms with van der Waals surface area (Å²) in [7, 11) is 0. The molecule has 0 spiro atoms. The average Bonchev–Trinajstić information content (AvgIpc) is 3.47. The van der Waals surface area contributed by atoms with Crippen LogP contribution in [0, 0.1) is 39.0 Å². The number of rotatable bonds is 7. The fraction of sp³-hybridized carbons (Fsp3) is 0.200. The van der Waals surface area contributed by atoms with Crippen LogP contribution in [0.5, 0.6) is 5.75 Å². The lowest BCUT2D eigenvalue weighted by Gasteiger charge is -2.20. The number of pyridine rings is 2. The molecule has 0 amide bonds. The third-order valence-electron chi connectivity index (χ3n) is 8.27. The third-order valence-corrected chi connectivity index (χ3v) is 9.50. The molecule has 0 unspecified atom stereocenters. The number of carboxylic acid groups (broad SMARTS) is 1. The molecule has 0 aliphatic carbocycles. The molecule has 0 bridgehead atoms. The predicted molar refractivity (Wildman–Crippen MR) is 180 cm³/mol. The molecule has 4 aromatic heterocycles. The number of nitriles is 1. The molecule has 14 heteroatoms. The quantitative estimate of drug-likeness (QED) is 0.176. The van der Waals surface area contributed by atoms with Crippen LogP contribution in [0.3, 0.4) is 0 Å². The van der Waals surface area contributed by atoms with E-state index in [4.69, 9.17) is 16.3 Å². The Morgan fingerprint density at radius 2 is 1.84 bits per heavy atom. The van der Waals surface area contributed by atoms with Crippen molar-refractivity contribution in [1.29, 1.82) is 5.26 Å². The fourth-order valence-electron chi connectivity index (χ4n) is 5.85. The number of halogens is 4. The van der Waals surface area contributed by atoms with E-state index in [9.17, 15) is 33.1 Å². The number of hydrogen-bond donors (Lipinski definition) is 1. The van der Waals surface area contributed by atoms with E-state index in [1.165, 1.54) is 40.5 Å². The Balaban J connectivity index is 1.43. The Morgan fingerprint density at radius 3 is 2.53 bits per heavy atom. The molecule has 49 heavy (non-hydrogen) atoms. The second-order valence-corrected chi connectivity index (χ2v) is 12.6. The van der Waals surface area contributed by atoms with Crippen LogP contribution in [-0.4, -0.2) is 37.2 Å². The number of aryl methyl sites for hydroxylation is 3. The molecule has 0 fully saturated rings. The van der Waals surface area contributed by atoms with Crippen molar-refractivity contribution in [2.45, 2.75) is 40.4 Å². The highest BCUT2D eigenvalue weighted by molar-refractivity contribution is 7.18. The van der Waals surface area contributed by atoms with Crippen molar-refractivity contribution in [2.24, 2.45) is 0 Å². The van der Waals surface area contributed by atoms with Gasteiger partial charge in [0.05, 0.1) is 44.4 Å². The lowest BCUT2D eigenvalue weighted by molar-refractivity contribution is -0.137. The SMILES string of the molecule is Cc1cc(-c2cc(Cl)ccc2OCCn2c(C)nc3cc(C(F)(F)F)c(-c4ccnc(C)c4C)c(C#N)c3c2=O)c2scc(C(=O)O)c2n1. The van der Waals surface area contributed by atoms with Crippen LogP contribution in [0.15, 0.2) is 52.8 Å². The normalized spacial score (nSPS) is 11.7. The van der Waals surface area contributed by atoms with Crippen molar-refractivity contribution >= 4 is 50.0 Å². The topological polar surface area (TPSA) is 131 Å². The second-order valence-electron chi connectivity index (χ2n) is 11.3. The minimum atomic E-state index is -4.84. The van der Waals surface area contributed by atoms with E-state index in [1.54, 1.807) is 45.0 Å². The Kier molecular flexibility index (Phi) is 8.64. The summed E-state index contributed by atoms with van der Waals surface area (Å²) in [5.41, 5.74) is 0.445. The van der Waals surface area contributed by atoms with E-state index in [2.05, 4.69) is 15.0 Å². The van der Waals surface area contributed by atoms with Crippen molar-refractivity contribution < 1.29 is 27.8 Å². The summed E-state index contributed by atoms with van der Waals surface area (Å²) in [6, 6.07) is 10.8. The van der Waals surface area contributed by atoms with Crippen LogP contribution in [0.2, 0.25) is 5.02 Å². The molecule has 6 rings (SSSR count). The summed E-state index contributed by atoms with van der Waals surface area (Å²) in [6.45, 7) is 6.37. The van der Waals surface area contributed by atoms with Gasteiger partial charge in [-0.05, 0) is 75.2 Å². The summed E-state index contributed by atoms with van der Waals surface area (Å²) >= 11 is 7.59. The number of hydrogen-bond acceptors (Lipinski definition) is 8. The predicted octanol–water partition coefficient (Wildman–Crippen LogP) is 8.29. The first kappa shape index (κ1) is 33.6. The first-order chi connectivity index (χ1) is 23.2. The van der Waals surface area contributed by atoms with E-state index in [0.717, 1.165) is 6.07 Å². The van der Waals surface area contributed by atoms with Gasteiger partial charge in [-0.1, -0.05) is 11.6 Å². The van der Waals surface area contributed by atoms with Crippen molar-refractivity contribution in [3.63, 3.8) is 0 Å². The van der Waals surface area contributed by atoms with E-state index in [1.807, 2.05) is 6.07 Å². The summed E-state index contributed by atoms with van der Waals surface area (Å²) in [6.07, 6.45) is -3.48. The first-order valence-electron chi connectivity index (χ1n) is 14.7. The molecule has 6 aromatic rings. The molecule has 0 saturated heterocycles. The molecular weight excluding hydrogens is 679 g/mol. The van der Waals surface area contributed by atoms with Crippen LogP contribution < -0.4 is 10.3 Å². The van der Waals surface area contributed by atoms with Gasteiger partial charge < -0.3 is 9.84 Å². The van der Waals surface area contributed by atoms with E-state index in [0.29, 0.717) is 49.1 Å². The number of fused-ring (bicyclic) bond motifs is 2. The number of aromatic nitrogens is 4. The Bertz CT molecular complexity index is 2450. The lowest BCUT2D eigenvalue weighted by atomic mass is 9.89. The van der Waals surface area contributed by atoms with Gasteiger partial charge in [-0.25, -0.2) is 9.78 Å². The van der Waals surface area contributed by atoms with Crippen molar-refractivity contribution in [3.8, 4) is 34.1 Å². The number of carbonyl (C=O) groups is 1. The van der Waals surface area contributed by atoms with Gasteiger partial charge in [0, 0.05) is 44.7 Å². The van der Waals surface area contributed by atoms with Gasteiger partial charge in [0.15, 0.2) is 0 Å². The third kappa shape index (κ3) is 5.98. The molecule has 4 heterocycles. The van der Waals surface area contributed by atoms with E-state index < -0.39 is 34.4 Å². The van der Waals surface area contributed by atoms with Crippen LogP contribution in [0.4, 0.5) is 13.2 Å². The molecule has 9 nitrogen and oxygen atoms in total. The Hall–Kier alpha value is -5.32. The van der Waals surface area contributed by atoms with Crippen LogP contribution in [0.1, 0.15) is 44.3 Å². The zero-order valence-corrected chi connectivity index (χ0v) is 27.9.